The van der Waals surface area contributed by atoms with Gasteiger partial charge in [0, 0.05) is 11.1 Å². The van der Waals surface area contributed by atoms with E-state index in [0.29, 0.717) is 29.0 Å². The van der Waals surface area contributed by atoms with Gasteiger partial charge in [-0.2, -0.15) is 0 Å². The number of phenolic OH excluding ortho intramolecular Hbond substituents is 4. The van der Waals surface area contributed by atoms with Crippen LogP contribution in [0, 0.1) is 0 Å². The van der Waals surface area contributed by atoms with Gasteiger partial charge < -0.3 is 20.4 Å². The summed E-state index contributed by atoms with van der Waals surface area (Å²) in [6, 6.07) is 5.34. The third kappa shape index (κ3) is 2.05. The summed E-state index contributed by atoms with van der Waals surface area (Å²) in [5.41, 5.74) is 3.96. The molecule has 2 aromatic rings. The fourth-order valence-electron chi connectivity index (χ4n) is 4.21. The van der Waals surface area contributed by atoms with Gasteiger partial charge in [-0.3, -0.25) is 0 Å². The normalized spacial score (nSPS) is 19.4. The Morgan fingerprint density at radius 1 is 0.783 bits per heavy atom. The van der Waals surface area contributed by atoms with E-state index in [9.17, 15) is 20.4 Å². The predicted molar refractivity (Wildman–Crippen MR) is 87.2 cm³/mol. The van der Waals surface area contributed by atoms with Crippen LogP contribution < -0.4 is 0 Å². The molecule has 120 valence electrons. The molecule has 4 rings (SSSR count). The van der Waals surface area contributed by atoms with Crippen LogP contribution in [-0.2, 0) is 12.8 Å². The van der Waals surface area contributed by atoms with Crippen LogP contribution in [0.3, 0.4) is 0 Å². The van der Waals surface area contributed by atoms with Gasteiger partial charge in [0.15, 0.2) is 11.5 Å². The molecule has 0 fully saturated rings. The van der Waals surface area contributed by atoms with Crippen LogP contribution in [0.5, 0.6) is 23.0 Å². The van der Waals surface area contributed by atoms with E-state index in [1.165, 1.54) is 5.56 Å². The van der Waals surface area contributed by atoms with Gasteiger partial charge in [0.2, 0.25) is 5.75 Å². The molecule has 0 heterocycles. The number of rotatable bonds is 0. The van der Waals surface area contributed by atoms with E-state index < -0.39 is 5.75 Å². The van der Waals surface area contributed by atoms with Crippen molar-refractivity contribution in [2.24, 2.45) is 0 Å². The number of hydrogen-bond donors (Lipinski definition) is 4. The SMILES string of the molecule is Oc1ccc2c3c1-c1cc(c(O)c(O)c1O)CCCC3CCC2. The summed E-state index contributed by atoms with van der Waals surface area (Å²) in [5.74, 6) is -0.649. The summed E-state index contributed by atoms with van der Waals surface area (Å²) >= 11 is 0. The Kier molecular flexibility index (Phi) is 3.15. The van der Waals surface area contributed by atoms with Crippen molar-refractivity contribution in [1.82, 2.24) is 0 Å². The van der Waals surface area contributed by atoms with Gasteiger partial charge in [0.1, 0.15) is 5.75 Å². The highest BCUT2D eigenvalue weighted by Crippen LogP contribution is 2.52. The highest BCUT2D eigenvalue weighted by Gasteiger charge is 2.30. The van der Waals surface area contributed by atoms with Crippen LogP contribution in [-0.4, -0.2) is 20.4 Å². The molecule has 0 radical (unpaired) electrons. The minimum absolute atomic E-state index is 0.115. The summed E-state index contributed by atoms with van der Waals surface area (Å²) in [7, 11) is 0. The van der Waals surface area contributed by atoms with Gasteiger partial charge in [0.25, 0.3) is 0 Å². The maximum Gasteiger partial charge on any atom is 0.201 e. The lowest BCUT2D eigenvalue weighted by molar-refractivity contribution is 0.365. The fraction of sp³-hybridized carbons (Fsp3) is 0.368. The van der Waals surface area contributed by atoms with Crippen molar-refractivity contribution >= 4 is 0 Å². The molecule has 0 spiro atoms. The molecule has 23 heavy (non-hydrogen) atoms. The van der Waals surface area contributed by atoms with Crippen molar-refractivity contribution in [2.75, 3.05) is 0 Å². The number of hydrogen-bond acceptors (Lipinski definition) is 4. The predicted octanol–water partition coefficient (Wildman–Crippen LogP) is 3.93. The highest BCUT2D eigenvalue weighted by molar-refractivity contribution is 5.84. The summed E-state index contributed by atoms with van der Waals surface area (Å²) in [6.07, 6.45) is 5.68. The molecule has 2 aliphatic carbocycles. The van der Waals surface area contributed by atoms with Crippen molar-refractivity contribution < 1.29 is 20.4 Å². The third-order valence-corrected chi connectivity index (χ3v) is 5.32. The molecule has 0 amide bonds. The molecule has 1 unspecified atom stereocenters. The van der Waals surface area contributed by atoms with E-state index in [2.05, 4.69) is 0 Å². The molecule has 0 saturated heterocycles. The maximum absolute atomic E-state index is 10.5. The van der Waals surface area contributed by atoms with Crippen LogP contribution in [0.4, 0.5) is 0 Å². The molecule has 4 heteroatoms. The van der Waals surface area contributed by atoms with Gasteiger partial charge in [-0.15, -0.1) is 0 Å². The molecule has 0 aliphatic heterocycles. The van der Waals surface area contributed by atoms with Crippen LogP contribution >= 0.6 is 0 Å². The lowest BCUT2D eigenvalue weighted by atomic mass is 9.76. The van der Waals surface area contributed by atoms with Crippen LogP contribution in [0.15, 0.2) is 18.2 Å². The Morgan fingerprint density at radius 2 is 1.48 bits per heavy atom. The van der Waals surface area contributed by atoms with Crippen LogP contribution in [0.2, 0.25) is 0 Å². The topological polar surface area (TPSA) is 80.9 Å². The van der Waals surface area contributed by atoms with Crippen LogP contribution in [0.25, 0.3) is 11.1 Å². The first-order chi connectivity index (χ1) is 11.1. The van der Waals surface area contributed by atoms with E-state index in [-0.39, 0.29) is 17.2 Å². The Labute approximate surface area is 134 Å². The zero-order chi connectivity index (χ0) is 16.1. The Balaban J connectivity index is 2.09. The van der Waals surface area contributed by atoms with Gasteiger partial charge in [-0.05, 0) is 73.3 Å². The first-order valence-corrected chi connectivity index (χ1v) is 8.19. The molecule has 4 N–H and O–H groups in total. The van der Waals surface area contributed by atoms with E-state index in [4.69, 9.17) is 0 Å². The lowest BCUT2D eigenvalue weighted by Crippen LogP contribution is -2.11. The quantitative estimate of drug-likeness (QED) is 0.556. The minimum atomic E-state index is -0.497. The van der Waals surface area contributed by atoms with Crippen LogP contribution in [0.1, 0.15) is 48.3 Å². The third-order valence-electron chi connectivity index (χ3n) is 5.32. The fourth-order valence-corrected chi connectivity index (χ4v) is 4.21. The second-order valence-corrected chi connectivity index (χ2v) is 6.64. The highest BCUT2D eigenvalue weighted by atomic mass is 16.3. The smallest absolute Gasteiger partial charge is 0.201 e. The minimum Gasteiger partial charge on any atom is -0.507 e. The monoisotopic (exact) mass is 312 g/mol. The van der Waals surface area contributed by atoms with Gasteiger partial charge >= 0.3 is 0 Å². The largest absolute Gasteiger partial charge is 0.507 e. The maximum atomic E-state index is 10.5. The molecular weight excluding hydrogens is 292 g/mol. The van der Waals surface area contributed by atoms with Crippen molar-refractivity contribution in [3.8, 4) is 34.1 Å². The standard InChI is InChI=1S/C19H20O4/c20-14-8-7-11-5-1-3-10-4-2-6-12-9-13(16(14)15(10)11)18(22)19(23)17(12)21/h7-10,20-23H,1-6H2. The number of phenols is 4. The average Bonchev–Trinajstić information content (AvgIpc) is 2.63. The molecule has 2 aromatic carbocycles. The number of aryl methyl sites for hydroxylation is 2. The second-order valence-electron chi connectivity index (χ2n) is 6.64. The van der Waals surface area contributed by atoms with E-state index >= 15 is 0 Å². The van der Waals surface area contributed by atoms with Gasteiger partial charge in [-0.25, -0.2) is 0 Å². The van der Waals surface area contributed by atoms with Crippen molar-refractivity contribution in [2.45, 2.75) is 44.4 Å². The molecular formula is C19H20O4. The summed E-state index contributed by atoms with van der Waals surface area (Å²) < 4.78 is 0. The van der Waals surface area contributed by atoms with Gasteiger partial charge in [0.05, 0.1) is 0 Å². The Hall–Kier alpha value is -2.36. The molecule has 1 atom stereocenters. The summed E-state index contributed by atoms with van der Waals surface area (Å²) in [4.78, 5) is 0. The molecule has 4 nitrogen and oxygen atoms in total. The summed E-state index contributed by atoms with van der Waals surface area (Å²) in [5, 5.41) is 41.0. The first kappa shape index (κ1) is 14.2. The molecule has 2 aliphatic rings. The summed E-state index contributed by atoms with van der Waals surface area (Å²) in [6.45, 7) is 0. The number of fused-ring (bicyclic) bond motifs is 3. The van der Waals surface area contributed by atoms with E-state index in [1.54, 1.807) is 12.1 Å². The lowest BCUT2D eigenvalue weighted by Gasteiger charge is -2.28. The van der Waals surface area contributed by atoms with E-state index in [0.717, 1.165) is 37.7 Å². The average molecular weight is 312 g/mol. The number of aromatic hydroxyl groups is 4. The van der Waals surface area contributed by atoms with E-state index in [1.807, 2.05) is 6.07 Å². The molecule has 2 bridgehead atoms. The Bertz CT molecular complexity index is 795. The zero-order valence-electron chi connectivity index (χ0n) is 12.8. The van der Waals surface area contributed by atoms with Crippen molar-refractivity contribution in [3.05, 3.63) is 34.9 Å². The van der Waals surface area contributed by atoms with Crippen molar-refractivity contribution in [1.29, 1.82) is 0 Å². The first-order valence-electron chi connectivity index (χ1n) is 8.19. The Morgan fingerprint density at radius 3 is 2.22 bits per heavy atom. The van der Waals surface area contributed by atoms with Crippen molar-refractivity contribution in [3.63, 3.8) is 0 Å². The molecule has 0 aromatic heterocycles. The van der Waals surface area contributed by atoms with Gasteiger partial charge in [-0.1, -0.05) is 6.07 Å². The number of benzene rings is 2. The molecule has 0 saturated carbocycles. The zero-order valence-corrected chi connectivity index (χ0v) is 12.8. The second kappa shape index (κ2) is 5.08.